The van der Waals surface area contributed by atoms with Crippen molar-refractivity contribution in [1.29, 1.82) is 0 Å². The van der Waals surface area contributed by atoms with Gasteiger partial charge in [0, 0.05) is 12.1 Å². The third-order valence-electron chi connectivity index (χ3n) is 4.19. The van der Waals surface area contributed by atoms with Gasteiger partial charge in [-0.1, -0.05) is 0 Å². The lowest BCUT2D eigenvalue weighted by Crippen LogP contribution is -2.38. The summed E-state index contributed by atoms with van der Waals surface area (Å²) in [6.07, 6.45) is -1.06. The van der Waals surface area contributed by atoms with E-state index in [1.54, 1.807) is 0 Å². The van der Waals surface area contributed by atoms with Crippen LogP contribution in [0.1, 0.15) is 46.0 Å². The molecule has 0 aromatic rings. The Bertz CT molecular complexity index is 246. The van der Waals surface area contributed by atoms with E-state index in [0.717, 1.165) is 19.5 Å². The van der Waals surface area contributed by atoms with Gasteiger partial charge in [-0.15, -0.1) is 0 Å². The number of nitrogens with zero attached hydrogens (tertiary/aromatic N) is 1. The molecule has 1 aliphatic rings. The summed E-state index contributed by atoms with van der Waals surface area (Å²) in [4.78, 5) is 2.28. The Labute approximate surface area is 114 Å². The fraction of sp³-hybridized carbons (Fsp3) is 1.00. The van der Waals surface area contributed by atoms with Crippen LogP contribution < -0.4 is 5.32 Å². The Morgan fingerprint density at radius 3 is 2.21 bits per heavy atom. The van der Waals surface area contributed by atoms with Crippen LogP contribution in [0, 0.1) is 5.92 Å². The molecule has 1 aliphatic carbocycles. The van der Waals surface area contributed by atoms with Crippen LogP contribution in [-0.2, 0) is 0 Å². The first-order chi connectivity index (χ1) is 8.80. The highest BCUT2D eigenvalue weighted by atomic mass is 19.4. The Hall–Kier alpha value is -0.290. The zero-order chi connectivity index (χ0) is 14.5. The minimum Gasteiger partial charge on any atom is -0.314 e. The molecule has 1 fully saturated rings. The van der Waals surface area contributed by atoms with Gasteiger partial charge < -0.3 is 10.2 Å². The Morgan fingerprint density at radius 1 is 1.16 bits per heavy atom. The Balaban J connectivity index is 2.10. The number of nitrogens with one attached hydrogen (secondary N) is 1. The largest absolute Gasteiger partial charge is 0.391 e. The average molecular weight is 280 g/mol. The zero-order valence-electron chi connectivity index (χ0n) is 12.3. The van der Waals surface area contributed by atoms with E-state index in [2.05, 4.69) is 31.1 Å². The first kappa shape index (κ1) is 16.8. The molecule has 0 radical (unpaired) electrons. The van der Waals surface area contributed by atoms with Gasteiger partial charge in [0.25, 0.3) is 0 Å². The van der Waals surface area contributed by atoms with Gasteiger partial charge in [-0.2, -0.15) is 13.2 Å². The van der Waals surface area contributed by atoms with Crippen LogP contribution in [0.25, 0.3) is 0 Å². The van der Waals surface area contributed by atoms with Gasteiger partial charge in [-0.25, -0.2) is 0 Å². The molecular weight excluding hydrogens is 253 g/mol. The monoisotopic (exact) mass is 280 g/mol. The molecule has 0 heterocycles. The number of rotatable bonds is 6. The molecular formula is C14H27F3N2. The lowest BCUT2D eigenvalue weighted by atomic mass is 9.85. The Kier molecular flexibility index (Phi) is 6.60. The van der Waals surface area contributed by atoms with E-state index in [1.807, 2.05) is 0 Å². The van der Waals surface area contributed by atoms with Crippen LogP contribution >= 0.6 is 0 Å². The molecule has 114 valence electrons. The van der Waals surface area contributed by atoms with Crippen LogP contribution in [0.5, 0.6) is 0 Å². The summed E-state index contributed by atoms with van der Waals surface area (Å²) in [5.41, 5.74) is 0. The number of hydrogen-bond donors (Lipinski definition) is 1. The summed E-state index contributed by atoms with van der Waals surface area (Å²) in [6, 6.07) is 0.824. The molecule has 0 atom stereocenters. The fourth-order valence-electron chi connectivity index (χ4n) is 2.52. The van der Waals surface area contributed by atoms with Gasteiger partial charge in [0.1, 0.15) is 0 Å². The zero-order valence-corrected chi connectivity index (χ0v) is 12.3. The molecule has 19 heavy (non-hydrogen) atoms. The molecule has 0 aliphatic heterocycles. The van der Waals surface area contributed by atoms with Crippen molar-refractivity contribution >= 4 is 0 Å². The van der Waals surface area contributed by atoms with E-state index in [4.69, 9.17) is 0 Å². The third-order valence-corrected chi connectivity index (χ3v) is 4.19. The molecule has 1 saturated carbocycles. The lowest BCUT2D eigenvalue weighted by Gasteiger charge is -2.30. The van der Waals surface area contributed by atoms with E-state index >= 15 is 0 Å². The van der Waals surface area contributed by atoms with Crippen molar-refractivity contribution in [2.24, 2.45) is 5.92 Å². The van der Waals surface area contributed by atoms with Crippen LogP contribution in [-0.4, -0.2) is 43.3 Å². The summed E-state index contributed by atoms with van der Waals surface area (Å²) in [7, 11) is 2.10. The maximum absolute atomic E-state index is 12.5. The van der Waals surface area contributed by atoms with Gasteiger partial charge in [0.15, 0.2) is 0 Å². The van der Waals surface area contributed by atoms with Gasteiger partial charge in [-0.05, 0) is 66.1 Å². The van der Waals surface area contributed by atoms with Crippen molar-refractivity contribution in [3.8, 4) is 0 Å². The number of hydrogen-bond acceptors (Lipinski definition) is 2. The van der Waals surface area contributed by atoms with Gasteiger partial charge in [0.2, 0.25) is 0 Å². The minimum atomic E-state index is -4.00. The number of halogens is 3. The standard InChI is InChI=1S/C14H27F3N2/c1-11(2)19(3)10-4-9-18-13-7-5-12(6-8-13)14(15,16)17/h11-13,18H,4-10H2,1-3H3. The highest BCUT2D eigenvalue weighted by Gasteiger charge is 2.41. The van der Waals surface area contributed by atoms with Gasteiger partial charge >= 0.3 is 6.18 Å². The summed E-state index contributed by atoms with van der Waals surface area (Å²) < 4.78 is 37.5. The van der Waals surface area contributed by atoms with Crippen molar-refractivity contribution in [2.45, 2.75) is 64.2 Å². The number of alkyl halides is 3. The summed E-state index contributed by atoms with van der Waals surface area (Å²) in [5.74, 6) is -1.07. The summed E-state index contributed by atoms with van der Waals surface area (Å²) in [5, 5.41) is 3.39. The quantitative estimate of drug-likeness (QED) is 0.750. The molecule has 0 unspecified atom stereocenters. The summed E-state index contributed by atoms with van der Waals surface area (Å²) in [6.45, 7) is 6.25. The SMILES string of the molecule is CC(C)N(C)CCCNC1CCC(C(F)(F)F)CC1. The molecule has 1 rings (SSSR count). The van der Waals surface area contributed by atoms with Crippen LogP contribution in [0.3, 0.4) is 0 Å². The normalized spacial score (nSPS) is 25.3. The van der Waals surface area contributed by atoms with Crippen molar-refractivity contribution in [1.82, 2.24) is 10.2 Å². The minimum absolute atomic E-state index is 0.281. The molecule has 0 bridgehead atoms. The predicted octanol–water partition coefficient (Wildman–Crippen LogP) is 3.43. The molecule has 1 N–H and O–H groups in total. The van der Waals surface area contributed by atoms with Crippen molar-refractivity contribution in [3.05, 3.63) is 0 Å². The van der Waals surface area contributed by atoms with Crippen LogP contribution in [0.15, 0.2) is 0 Å². The molecule has 2 nitrogen and oxygen atoms in total. The maximum atomic E-state index is 12.5. The van der Waals surface area contributed by atoms with Gasteiger partial charge in [0.05, 0.1) is 5.92 Å². The topological polar surface area (TPSA) is 15.3 Å². The summed E-state index contributed by atoms with van der Waals surface area (Å²) >= 11 is 0. The molecule has 0 aromatic heterocycles. The van der Waals surface area contributed by atoms with Crippen molar-refractivity contribution in [2.75, 3.05) is 20.1 Å². The first-order valence-electron chi connectivity index (χ1n) is 7.31. The van der Waals surface area contributed by atoms with E-state index in [9.17, 15) is 13.2 Å². The molecule has 0 amide bonds. The molecule has 0 spiro atoms. The lowest BCUT2D eigenvalue weighted by molar-refractivity contribution is -0.182. The second-order valence-electron chi connectivity index (χ2n) is 5.97. The second-order valence-corrected chi connectivity index (χ2v) is 5.97. The predicted molar refractivity (Wildman–Crippen MR) is 72.2 cm³/mol. The average Bonchev–Trinajstić information content (AvgIpc) is 2.33. The van der Waals surface area contributed by atoms with E-state index in [0.29, 0.717) is 18.9 Å². The molecule has 0 saturated heterocycles. The van der Waals surface area contributed by atoms with E-state index in [-0.39, 0.29) is 18.9 Å². The van der Waals surface area contributed by atoms with E-state index in [1.165, 1.54) is 0 Å². The fourth-order valence-corrected chi connectivity index (χ4v) is 2.52. The van der Waals surface area contributed by atoms with Gasteiger partial charge in [-0.3, -0.25) is 0 Å². The van der Waals surface area contributed by atoms with Crippen molar-refractivity contribution < 1.29 is 13.2 Å². The van der Waals surface area contributed by atoms with E-state index < -0.39 is 12.1 Å². The third kappa shape index (κ3) is 6.13. The van der Waals surface area contributed by atoms with Crippen LogP contribution in [0.2, 0.25) is 0 Å². The highest BCUT2D eigenvalue weighted by molar-refractivity contribution is 4.80. The molecule has 5 heteroatoms. The maximum Gasteiger partial charge on any atom is 0.391 e. The smallest absolute Gasteiger partial charge is 0.314 e. The second kappa shape index (κ2) is 7.48. The first-order valence-corrected chi connectivity index (χ1v) is 7.31. The molecule has 0 aromatic carbocycles. The highest BCUT2D eigenvalue weighted by Crippen LogP contribution is 2.37. The van der Waals surface area contributed by atoms with Crippen LogP contribution in [0.4, 0.5) is 13.2 Å². The van der Waals surface area contributed by atoms with Crippen molar-refractivity contribution in [3.63, 3.8) is 0 Å². The Morgan fingerprint density at radius 2 is 1.74 bits per heavy atom.